The van der Waals surface area contributed by atoms with Crippen LogP contribution in [0, 0.1) is 0 Å². The van der Waals surface area contributed by atoms with E-state index in [9.17, 15) is 15.3 Å². The Bertz CT molecular complexity index is 1440. The predicted molar refractivity (Wildman–Crippen MR) is 146 cm³/mol. The third-order valence-electron chi connectivity index (χ3n) is 7.48. The van der Waals surface area contributed by atoms with E-state index in [2.05, 4.69) is 37.9 Å². The predicted octanol–water partition coefficient (Wildman–Crippen LogP) is 1.52. The van der Waals surface area contributed by atoms with Gasteiger partial charge in [0.2, 0.25) is 0 Å². The summed E-state index contributed by atoms with van der Waals surface area (Å²) in [5, 5.41) is 32.0. The Balaban J connectivity index is 1.21. The minimum Gasteiger partial charge on any atom is -0.394 e. The van der Waals surface area contributed by atoms with Gasteiger partial charge in [-0.25, -0.2) is 9.98 Å². The Kier molecular flexibility index (Phi) is 6.55. The molecule has 0 saturated carbocycles. The summed E-state index contributed by atoms with van der Waals surface area (Å²) in [5.41, 5.74) is 9.65. The largest absolute Gasteiger partial charge is 0.394 e. The van der Waals surface area contributed by atoms with E-state index in [4.69, 9.17) is 22.1 Å². The molecule has 1 saturated heterocycles. The van der Waals surface area contributed by atoms with Gasteiger partial charge in [0.15, 0.2) is 17.7 Å². The summed E-state index contributed by atoms with van der Waals surface area (Å²) in [7, 11) is 0. The highest BCUT2D eigenvalue weighted by Gasteiger charge is 2.50. The van der Waals surface area contributed by atoms with E-state index in [1.807, 2.05) is 36.4 Å². The number of amidine groups is 1. The number of para-hydroxylation sites is 1. The number of aliphatic hydroxyl groups excluding tert-OH is 3. The van der Waals surface area contributed by atoms with E-state index in [0.717, 1.165) is 22.0 Å². The summed E-state index contributed by atoms with van der Waals surface area (Å²) in [5.74, 6) is 0.461. The molecular formula is C27H29ClN6O4. The Morgan fingerprint density at radius 2 is 1.89 bits per heavy atom. The standard InChI is InChI=1S/C27H29ClN6O4/c28-18-7-5-16(6-8-18)11-33-12-17(19-3-1-2-4-20(19)33)9-10-27(29)24-25(30-14-32-27)34(15-31-24)26-23(37)22(36)21(13-35)38-26/h1-8,12,14,21-23,26,35-37H,9-11,13,15,29H2/t21-,22-,23-,26-,27?/m1/s1. The van der Waals surface area contributed by atoms with E-state index in [1.165, 1.54) is 6.34 Å². The van der Waals surface area contributed by atoms with Crippen molar-refractivity contribution >= 4 is 40.4 Å². The highest BCUT2D eigenvalue weighted by molar-refractivity contribution is 6.47. The lowest BCUT2D eigenvalue weighted by Crippen LogP contribution is -2.55. The average molecular weight is 537 g/mol. The van der Waals surface area contributed by atoms with Crippen LogP contribution in [0.25, 0.3) is 10.9 Å². The molecule has 0 radical (unpaired) electrons. The lowest BCUT2D eigenvalue weighted by atomic mass is 9.94. The zero-order chi connectivity index (χ0) is 26.4. The van der Waals surface area contributed by atoms with Crippen molar-refractivity contribution < 1.29 is 20.1 Å². The number of nitrogens with zero attached hydrogens (tertiary/aromatic N) is 5. The number of aryl methyl sites for hydroxylation is 1. The first kappa shape index (κ1) is 25.2. The first-order valence-electron chi connectivity index (χ1n) is 12.5. The molecular weight excluding hydrogens is 508 g/mol. The Hall–Kier alpha value is -3.12. The Morgan fingerprint density at radius 1 is 1.11 bits per heavy atom. The quantitative estimate of drug-likeness (QED) is 0.361. The van der Waals surface area contributed by atoms with E-state index >= 15 is 0 Å². The van der Waals surface area contributed by atoms with Gasteiger partial charge in [0, 0.05) is 28.7 Å². The molecule has 3 aliphatic heterocycles. The van der Waals surface area contributed by atoms with Crippen LogP contribution in [-0.2, 0) is 17.7 Å². The van der Waals surface area contributed by atoms with Gasteiger partial charge in [-0.2, -0.15) is 0 Å². The summed E-state index contributed by atoms with van der Waals surface area (Å²) >= 11 is 6.06. The number of rotatable bonds is 7. The van der Waals surface area contributed by atoms with Crippen LogP contribution in [0.1, 0.15) is 17.5 Å². The second-order valence-electron chi connectivity index (χ2n) is 9.89. The zero-order valence-corrected chi connectivity index (χ0v) is 21.3. The molecule has 10 nitrogen and oxygen atoms in total. The van der Waals surface area contributed by atoms with Crippen LogP contribution in [-0.4, -0.2) is 86.2 Å². The lowest BCUT2D eigenvalue weighted by Gasteiger charge is -2.32. The van der Waals surface area contributed by atoms with Gasteiger partial charge in [0.05, 0.1) is 6.61 Å². The second-order valence-corrected chi connectivity index (χ2v) is 10.3. The zero-order valence-electron chi connectivity index (χ0n) is 20.6. The number of ether oxygens (including phenoxy) is 1. The van der Waals surface area contributed by atoms with Crippen LogP contribution in [0.5, 0.6) is 0 Å². The molecule has 0 bridgehead atoms. The molecule has 198 valence electrons. The maximum Gasteiger partial charge on any atom is 0.162 e. The van der Waals surface area contributed by atoms with Crippen molar-refractivity contribution in [2.75, 3.05) is 13.3 Å². The minimum atomic E-state index is -1.22. The molecule has 5 atom stereocenters. The number of halogens is 1. The Labute approximate surface area is 224 Å². The highest BCUT2D eigenvalue weighted by Crippen LogP contribution is 2.31. The number of aromatic nitrogens is 1. The molecule has 0 aliphatic carbocycles. The number of benzene rings is 2. The summed E-state index contributed by atoms with van der Waals surface area (Å²) in [4.78, 5) is 15.1. The molecule has 4 heterocycles. The van der Waals surface area contributed by atoms with Crippen LogP contribution in [0.2, 0.25) is 5.02 Å². The van der Waals surface area contributed by atoms with Gasteiger partial charge in [-0.1, -0.05) is 41.9 Å². The smallest absolute Gasteiger partial charge is 0.162 e. The van der Waals surface area contributed by atoms with Gasteiger partial charge in [-0.15, -0.1) is 0 Å². The van der Waals surface area contributed by atoms with Crippen molar-refractivity contribution in [3.63, 3.8) is 0 Å². The molecule has 3 aromatic rings. The van der Waals surface area contributed by atoms with Gasteiger partial charge in [-0.05, 0) is 42.2 Å². The van der Waals surface area contributed by atoms with Gasteiger partial charge >= 0.3 is 0 Å². The van der Waals surface area contributed by atoms with E-state index in [1.54, 1.807) is 4.90 Å². The fourth-order valence-electron chi connectivity index (χ4n) is 5.42. The monoisotopic (exact) mass is 536 g/mol. The molecule has 1 aromatic heterocycles. The van der Waals surface area contributed by atoms with Crippen molar-refractivity contribution in [2.24, 2.45) is 20.7 Å². The number of nitrogens with two attached hydrogens (primary N) is 1. The van der Waals surface area contributed by atoms with Crippen LogP contribution in [0.4, 0.5) is 0 Å². The maximum atomic E-state index is 10.5. The van der Waals surface area contributed by atoms with Gasteiger partial charge < -0.3 is 35.3 Å². The third kappa shape index (κ3) is 4.33. The van der Waals surface area contributed by atoms with Crippen molar-refractivity contribution in [2.45, 2.75) is 49.6 Å². The summed E-state index contributed by atoms with van der Waals surface area (Å²) in [6, 6.07) is 16.1. The fraction of sp³-hybridized carbons (Fsp3) is 0.370. The molecule has 11 heteroatoms. The first-order valence-corrected chi connectivity index (χ1v) is 12.9. The minimum absolute atomic E-state index is 0.156. The number of fused-ring (bicyclic) bond motifs is 2. The number of hydrogen-bond donors (Lipinski definition) is 4. The second kappa shape index (κ2) is 9.88. The van der Waals surface area contributed by atoms with Crippen molar-refractivity contribution in [1.82, 2.24) is 9.47 Å². The maximum absolute atomic E-state index is 10.5. The fourth-order valence-corrected chi connectivity index (χ4v) is 5.55. The summed E-state index contributed by atoms with van der Waals surface area (Å²) in [6.07, 6.45) is 0.502. The van der Waals surface area contributed by atoms with Crippen LogP contribution in [0.3, 0.4) is 0 Å². The molecule has 38 heavy (non-hydrogen) atoms. The Morgan fingerprint density at radius 3 is 2.66 bits per heavy atom. The number of hydrogen-bond acceptors (Lipinski definition) is 9. The number of aliphatic imine (C=N–C) groups is 3. The molecule has 5 N–H and O–H groups in total. The van der Waals surface area contributed by atoms with Gasteiger partial charge in [0.25, 0.3) is 0 Å². The topological polar surface area (TPSA) is 141 Å². The molecule has 2 aromatic carbocycles. The molecule has 1 fully saturated rings. The average Bonchev–Trinajstić information content (AvgIpc) is 3.59. The lowest BCUT2D eigenvalue weighted by molar-refractivity contribution is -0.0688. The summed E-state index contributed by atoms with van der Waals surface area (Å²) < 4.78 is 7.92. The van der Waals surface area contributed by atoms with Gasteiger partial charge in [-0.3, -0.25) is 4.99 Å². The molecule has 0 amide bonds. The van der Waals surface area contributed by atoms with Crippen LogP contribution in [0.15, 0.2) is 69.7 Å². The number of aliphatic hydroxyl groups is 3. The molecule has 1 unspecified atom stereocenters. The summed E-state index contributed by atoms with van der Waals surface area (Å²) in [6.45, 7) is 0.465. The van der Waals surface area contributed by atoms with Gasteiger partial charge in [0.1, 0.15) is 37.0 Å². The SMILES string of the molecule is NC1(CCc2cn(Cc3ccc(Cl)cc3)c3ccccc23)N=CN=C2C1=NCN2[C@@H]1O[C@H](CO)[C@@H](O)[C@H]1O. The normalized spacial score (nSPS) is 28.6. The molecule has 3 aliphatic rings. The van der Waals surface area contributed by atoms with Crippen LogP contribution >= 0.6 is 11.6 Å². The third-order valence-corrected chi connectivity index (χ3v) is 7.73. The van der Waals surface area contributed by atoms with Crippen molar-refractivity contribution in [1.29, 1.82) is 0 Å². The van der Waals surface area contributed by atoms with Crippen molar-refractivity contribution in [3.8, 4) is 0 Å². The van der Waals surface area contributed by atoms with E-state index in [0.29, 0.717) is 36.0 Å². The molecule has 0 spiro atoms. The van der Waals surface area contributed by atoms with Crippen LogP contribution < -0.4 is 5.73 Å². The van der Waals surface area contributed by atoms with Crippen molar-refractivity contribution in [3.05, 3.63) is 70.9 Å². The highest BCUT2D eigenvalue weighted by atomic mass is 35.5. The molecule has 6 rings (SSSR count). The van der Waals surface area contributed by atoms with E-state index in [-0.39, 0.29) is 6.67 Å². The van der Waals surface area contributed by atoms with E-state index < -0.39 is 36.8 Å². The first-order chi connectivity index (χ1) is 18.4.